The summed E-state index contributed by atoms with van der Waals surface area (Å²) in [5, 5.41) is 21.8. The van der Waals surface area contributed by atoms with E-state index in [1.165, 1.54) is 17.7 Å². The normalized spacial score (nSPS) is 33.9. The molecule has 0 aliphatic heterocycles. The lowest BCUT2D eigenvalue weighted by Crippen LogP contribution is -2.51. The molecule has 38 heavy (non-hydrogen) atoms. The Morgan fingerprint density at radius 1 is 1.00 bits per heavy atom. The van der Waals surface area contributed by atoms with Crippen molar-refractivity contribution in [3.05, 3.63) is 35.4 Å². The van der Waals surface area contributed by atoms with Gasteiger partial charge in [0.05, 0.1) is 6.42 Å². The zero-order chi connectivity index (χ0) is 27.1. The molecule has 0 spiro atoms. The Morgan fingerprint density at radius 2 is 1.82 bits per heavy atom. The van der Waals surface area contributed by atoms with Crippen molar-refractivity contribution in [2.24, 2.45) is 28.6 Å². The highest BCUT2D eigenvalue weighted by Crippen LogP contribution is 2.65. The van der Waals surface area contributed by atoms with Crippen LogP contribution in [0.15, 0.2) is 29.8 Å². The summed E-state index contributed by atoms with van der Waals surface area (Å²) < 4.78 is 6.03. The van der Waals surface area contributed by atoms with Crippen molar-refractivity contribution in [2.45, 2.75) is 90.6 Å². The Labute approximate surface area is 225 Å². The van der Waals surface area contributed by atoms with E-state index in [9.17, 15) is 24.6 Å². The number of ether oxygens (including phenoxy) is 1. The highest BCUT2D eigenvalue weighted by atomic mass is 16.5. The molecule has 4 unspecified atom stereocenters. The van der Waals surface area contributed by atoms with Gasteiger partial charge < -0.3 is 20.3 Å². The number of aromatic hydroxyl groups is 2. The first kappa shape index (κ1) is 26.8. The average Bonchev–Trinajstić information content (AvgIpc) is 3.21. The number of rotatable bonds is 7. The van der Waals surface area contributed by atoms with Crippen molar-refractivity contribution in [3.63, 3.8) is 0 Å². The van der Waals surface area contributed by atoms with Gasteiger partial charge in [0.25, 0.3) is 0 Å². The predicted molar refractivity (Wildman–Crippen MR) is 142 cm³/mol. The number of nitrogens with one attached hydrogen (secondary N) is 1. The van der Waals surface area contributed by atoms with Gasteiger partial charge in [-0.1, -0.05) is 25.5 Å². The third-order valence-corrected chi connectivity index (χ3v) is 10.5. The summed E-state index contributed by atoms with van der Waals surface area (Å²) in [6.07, 6.45) is 10.4. The summed E-state index contributed by atoms with van der Waals surface area (Å²) >= 11 is 0. The summed E-state index contributed by atoms with van der Waals surface area (Å²) in [6, 6.07) is 4.59. The highest BCUT2D eigenvalue weighted by molar-refractivity contribution is 5.91. The maximum Gasteiger partial charge on any atom is 0.306 e. The summed E-state index contributed by atoms with van der Waals surface area (Å²) in [5.41, 5.74) is 2.30. The SMILES string of the molecule is C[C@]12CCC3C(CCC4=CC(=O)CC[C@@]43C)C1CCC2OC(=O)CCC(=O)NCCc1ccc(O)c(O)c1. The van der Waals surface area contributed by atoms with Gasteiger partial charge in [-0.2, -0.15) is 0 Å². The molecule has 1 aromatic rings. The number of phenols is 2. The molecule has 3 N–H and O–H groups in total. The van der Waals surface area contributed by atoms with E-state index in [2.05, 4.69) is 19.2 Å². The number of benzene rings is 1. The van der Waals surface area contributed by atoms with Crippen LogP contribution in [0.1, 0.15) is 83.6 Å². The van der Waals surface area contributed by atoms with Gasteiger partial charge >= 0.3 is 5.97 Å². The van der Waals surface area contributed by atoms with E-state index in [0.717, 1.165) is 50.5 Å². The van der Waals surface area contributed by atoms with Crippen LogP contribution in [0.5, 0.6) is 11.5 Å². The fraction of sp³-hybridized carbons (Fsp3) is 0.645. The summed E-state index contributed by atoms with van der Waals surface area (Å²) in [5.74, 6) is 1.20. The van der Waals surface area contributed by atoms with Crippen LogP contribution in [-0.4, -0.2) is 40.5 Å². The van der Waals surface area contributed by atoms with E-state index < -0.39 is 0 Å². The van der Waals surface area contributed by atoms with Crippen molar-refractivity contribution in [1.82, 2.24) is 5.32 Å². The van der Waals surface area contributed by atoms with Crippen molar-refractivity contribution < 1.29 is 29.3 Å². The van der Waals surface area contributed by atoms with Crippen LogP contribution >= 0.6 is 0 Å². The van der Waals surface area contributed by atoms with Gasteiger partial charge in [-0.25, -0.2) is 0 Å². The zero-order valence-corrected chi connectivity index (χ0v) is 22.6. The second kappa shape index (κ2) is 10.4. The molecule has 7 heteroatoms. The van der Waals surface area contributed by atoms with Crippen molar-refractivity contribution >= 4 is 17.7 Å². The van der Waals surface area contributed by atoms with E-state index >= 15 is 0 Å². The minimum Gasteiger partial charge on any atom is -0.504 e. The summed E-state index contributed by atoms with van der Waals surface area (Å²) in [7, 11) is 0. The molecule has 4 aliphatic rings. The second-order valence-corrected chi connectivity index (χ2v) is 12.5. The zero-order valence-electron chi connectivity index (χ0n) is 22.6. The molecular formula is C31H41NO6. The summed E-state index contributed by atoms with van der Waals surface area (Å²) in [6.45, 7) is 5.08. The Hall–Kier alpha value is -2.83. The number of allylic oxidation sites excluding steroid dienone is 1. The van der Waals surface area contributed by atoms with Crippen LogP contribution in [0.3, 0.4) is 0 Å². The van der Waals surface area contributed by atoms with E-state index in [-0.39, 0.29) is 58.9 Å². The van der Waals surface area contributed by atoms with Crippen molar-refractivity contribution in [3.8, 4) is 11.5 Å². The largest absolute Gasteiger partial charge is 0.504 e. The molecule has 1 aromatic carbocycles. The van der Waals surface area contributed by atoms with Crippen LogP contribution in [0.4, 0.5) is 0 Å². The van der Waals surface area contributed by atoms with E-state index in [0.29, 0.717) is 37.1 Å². The molecule has 0 aromatic heterocycles. The maximum absolute atomic E-state index is 12.7. The molecule has 0 bridgehead atoms. The number of hydrogen-bond donors (Lipinski definition) is 3. The second-order valence-electron chi connectivity index (χ2n) is 12.5. The number of phenolic OH excluding ortho intramolecular Hbond substituents is 2. The first-order valence-corrected chi connectivity index (χ1v) is 14.3. The van der Waals surface area contributed by atoms with E-state index in [1.807, 2.05) is 6.08 Å². The maximum atomic E-state index is 12.7. The fourth-order valence-electron chi connectivity index (χ4n) is 8.30. The van der Waals surface area contributed by atoms with E-state index in [1.54, 1.807) is 6.07 Å². The Bertz CT molecular complexity index is 1140. The topological polar surface area (TPSA) is 113 Å². The fourth-order valence-corrected chi connectivity index (χ4v) is 8.30. The standard InChI is InChI=1S/C31H41NO6/c1-30-14-11-21(33)18-20(30)4-5-22-23-6-8-27(31(23,2)15-12-24(22)30)38-29(37)10-9-28(36)32-16-13-19-3-7-25(34)26(35)17-19/h3,7,17-18,22-24,27,34-35H,4-6,8-16H2,1-2H3,(H,32,36)/t22?,23?,24?,27?,30-,31-/m0/s1. The molecule has 0 saturated heterocycles. The number of esters is 1. The number of carbonyl (C=O) groups is 3. The van der Waals surface area contributed by atoms with Crippen LogP contribution in [-0.2, 0) is 25.5 Å². The third kappa shape index (κ3) is 4.96. The Kier molecular flexibility index (Phi) is 7.31. The lowest BCUT2D eigenvalue weighted by molar-refractivity contribution is -0.160. The van der Waals surface area contributed by atoms with Gasteiger partial charge in [-0.3, -0.25) is 14.4 Å². The minimum atomic E-state index is -0.302. The molecule has 0 heterocycles. The van der Waals surface area contributed by atoms with Crippen LogP contribution in [0.25, 0.3) is 0 Å². The van der Waals surface area contributed by atoms with Crippen molar-refractivity contribution in [1.29, 1.82) is 0 Å². The molecule has 4 aliphatic carbocycles. The monoisotopic (exact) mass is 523 g/mol. The molecule has 3 saturated carbocycles. The van der Waals surface area contributed by atoms with Gasteiger partial charge in [0, 0.05) is 24.8 Å². The van der Waals surface area contributed by atoms with Gasteiger partial charge in [0.15, 0.2) is 17.3 Å². The highest BCUT2D eigenvalue weighted by Gasteiger charge is 2.59. The molecule has 206 valence electrons. The Balaban J connectivity index is 1.10. The predicted octanol–water partition coefficient (Wildman–Crippen LogP) is 4.98. The van der Waals surface area contributed by atoms with Gasteiger partial charge in [-0.15, -0.1) is 0 Å². The molecule has 0 radical (unpaired) electrons. The number of fused-ring (bicyclic) bond motifs is 5. The van der Waals surface area contributed by atoms with Gasteiger partial charge in [-0.05, 0) is 98.3 Å². The first-order valence-electron chi connectivity index (χ1n) is 14.3. The van der Waals surface area contributed by atoms with Crippen LogP contribution in [0.2, 0.25) is 0 Å². The Morgan fingerprint density at radius 3 is 2.61 bits per heavy atom. The third-order valence-electron chi connectivity index (χ3n) is 10.5. The summed E-state index contributed by atoms with van der Waals surface area (Å²) in [4.78, 5) is 37.1. The lowest BCUT2D eigenvalue weighted by Gasteiger charge is -2.57. The molecular weight excluding hydrogens is 482 g/mol. The van der Waals surface area contributed by atoms with Crippen LogP contribution in [0, 0.1) is 28.6 Å². The van der Waals surface area contributed by atoms with Gasteiger partial charge in [0.2, 0.25) is 5.91 Å². The number of carbonyl (C=O) groups excluding carboxylic acids is 3. The average molecular weight is 524 g/mol. The molecule has 6 atom stereocenters. The molecule has 5 rings (SSSR count). The van der Waals surface area contributed by atoms with E-state index in [4.69, 9.17) is 4.74 Å². The molecule has 7 nitrogen and oxygen atoms in total. The number of amides is 1. The number of hydrogen-bond acceptors (Lipinski definition) is 6. The quantitative estimate of drug-likeness (QED) is 0.343. The van der Waals surface area contributed by atoms with Crippen molar-refractivity contribution in [2.75, 3.05) is 6.54 Å². The van der Waals surface area contributed by atoms with Gasteiger partial charge in [0.1, 0.15) is 6.10 Å². The first-order chi connectivity index (χ1) is 18.1. The van der Waals surface area contributed by atoms with Crippen LogP contribution < -0.4 is 5.32 Å². The molecule has 1 amide bonds. The minimum absolute atomic E-state index is 0.0170. The number of ketones is 1. The smallest absolute Gasteiger partial charge is 0.306 e. The lowest BCUT2D eigenvalue weighted by atomic mass is 9.47. The molecule has 3 fully saturated rings.